The van der Waals surface area contributed by atoms with Gasteiger partial charge in [-0.2, -0.15) is 0 Å². The molecule has 4 nitrogen and oxygen atoms in total. The molecule has 0 aromatic carbocycles. The van der Waals surface area contributed by atoms with Crippen LogP contribution in [0.5, 0.6) is 0 Å². The van der Waals surface area contributed by atoms with Gasteiger partial charge in [0, 0.05) is 45.2 Å². The van der Waals surface area contributed by atoms with Crippen molar-refractivity contribution in [3.05, 3.63) is 42.9 Å². The zero-order valence-electron chi connectivity index (χ0n) is 11.3. The summed E-state index contributed by atoms with van der Waals surface area (Å²) in [7, 11) is 0. The van der Waals surface area contributed by atoms with Crippen LogP contribution in [0.2, 0.25) is 0 Å². The highest BCUT2D eigenvalue weighted by molar-refractivity contribution is 7.22. The summed E-state index contributed by atoms with van der Waals surface area (Å²) in [5, 5.41) is 1.04. The number of nitrogens with zero attached hydrogens (tertiary/aromatic N) is 3. The highest BCUT2D eigenvalue weighted by atomic mass is 32.1. The summed E-state index contributed by atoms with van der Waals surface area (Å²) < 4.78 is 1.14. The van der Waals surface area contributed by atoms with Crippen LogP contribution in [-0.2, 0) is 4.79 Å². The molecular formula is C16H13N3OS. The standard InChI is InChI=1S/C16H13N3OS/c20-10-19(12-3-4-12)16-13-8-15(11-2-1-6-17-9-11)21-14(13)5-7-18-16/h1-2,5-10,12H,3-4H2. The van der Waals surface area contributed by atoms with Crippen molar-refractivity contribution in [3.63, 3.8) is 0 Å². The molecule has 0 spiro atoms. The number of carbonyl (C=O) groups excluding carboxylic acids is 1. The zero-order valence-corrected chi connectivity index (χ0v) is 12.1. The summed E-state index contributed by atoms with van der Waals surface area (Å²) in [6, 6.07) is 8.41. The van der Waals surface area contributed by atoms with Crippen LogP contribution in [0, 0.1) is 0 Å². The van der Waals surface area contributed by atoms with E-state index >= 15 is 0 Å². The molecule has 0 N–H and O–H groups in total. The first-order valence-electron chi connectivity index (χ1n) is 6.89. The molecule has 3 aromatic rings. The van der Waals surface area contributed by atoms with Crippen LogP contribution in [0.4, 0.5) is 5.82 Å². The Hall–Kier alpha value is -2.27. The van der Waals surface area contributed by atoms with E-state index < -0.39 is 0 Å². The fourth-order valence-electron chi connectivity index (χ4n) is 2.47. The third-order valence-corrected chi connectivity index (χ3v) is 4.82. The topological polar surface area (TPSA) is 46.1 Å². The van der Waals surface area contributed by atoms with Gasteiger partial charge in [-0.3, -0.25) is 14.7 Å². The van der Waals surface area contributed by atoms with Gasteiger partial charge < -0.3 is 0 Å². The maximum atomic E-state index is 11.4. The Kier molecular flexibility index (Phi) is 2.93. The van der Waals surface area contributed by atoms with Gasteiger partial charge in [0.15, 0.2) is 0 Å². The van der Waals surface area contributed by atoms with E-state index in [2.05, 4.69) is 16.0 Å². The van der Waals surface area contributed by atoms with Crippen LogP contribution < -0.4 is 4.90 Å². The van der Waals surface area contributed by atoms with E-state index in [1.165, 1.54) is 0 Å². The minimum absolute atomic E-state index is 0.322. The quantitative estimate of drug-likeness (QED) is 0.692. The average molecular weight is 295 g/mol. The number of carbonyl (C=O) groups is 1. The van der Waals surface area contributed by atoms with E-state index in [0.717, 1.165) is 45.6 Å². The molecule has 104 valence electrons. The normalized spacial score (nSPS) is 14.3. The number of pyridine rings is 2. The molecule has 1 amide bonds. The molecule has 21 heavy (non-hydrogen) atoms. The van der Waals surface area contributed by atoms with E-state index in [-0.39, 0.29) is 0 Å². The maximum absolute atomic E-state index is 11.4. The Morgan fingerprint density at radius 3 is 2.90 bits per heavy atom. The number of aromatic nitrogens is 2. The molecule has 5 heteroatoms. The van der Waals surface area contributed by atoms with Crippen molar-refractivity contribution in [3.8, 4) is 10.4 Å². The minimum Gasteiger partial charge on any atom is -0.296 e. The van der Waals surface area contributed by atoms with Crippen LogP contribution in [0.15, 0.2) is 42.9 Å². The largest absolute Gasteiger partial charge is 0.296 e. The molecule has 3 heterocycles. The molecule has 0 saturated heterocycles. The first kappa shape index (κ1) is 12.5. The summed E-state index contributed by atoms with van der Waals surface area (Å²) in [5.41, 5.74) is 1.09. The van der Waals surface area contributed by atoms with Gasteiger partial charge in [-0.05, 0) is 31.0 Å². The molecule has 0 radical (unpaired) electrons. The fourth-order valence-corrected chi connectivity index (χ4v) is 3.51. The molecular weight excluding hydrogens is 282 g/mol. The van der Waals surface area contributed by atoms with Crippen LogP contribution in [-0.4, -0.2) is 22.4 Å². The van der Waals surface area contributed by atoms with Gasteiger partial charge in [0.05, 0.1) is 0 Å². The number of hydrogen-bond donors (Lipinski definition) is 0. The number of thiophene rings is 1. The molecule has 4 rings (SSSR count). The molecule has 1 fully saturated rings. The fraction of sp³-hybridized carbons (Fsp3) is 0.188. The van der Waals surface area contributed by atoms with Crippen molar-refractivity contribution in [2.75, 3.05) is 4.90 Å². The number of anilines is 1. The molecule has 1 saturated carbocycles. The van der Waals surface area contributed by atoms with Gasteiger partial charge >= 0.3 is 0 Å². The Morgan fingerprint density at radius 2 is 2.19 bits per heavy atom. The third-order valence-electron chi connectivity index (χ3n) is 3.67. The van der Waals surface area contributed by atoms with Crippen molar-refractivity contribution in [1.29, 1.82) is 0 Å². The van der Waals surface area contributed by atoms with E-state index in [9.17, 15) is 4.79 Å². The van der Waals surface area contributed by atoms with Crippen molar-refractivity contribution in [2.24, 2.45) is 0 Å². The molecule has 3 aromatic heterocycles. The van der Waals surface area contributed by atoms with Crippen molar-refractivity contribution in [1.82, 2.24) is 9.97 Å². The highest BCUT2D eigenvalue weighted by Crippen LogP contribution is 2.39. The summed E-state index contributed by atoms with van der Waals surface area (Å²) in [4.78, 5) is 22.9. The van der Waals surface area contributed by atoms with E-state index in [4.69, 9.17) is 0 Å². The predicted octanol–water partition coefficient (Wildman–Crippen LogP) is 3.48. The number of rotatable bonds is 4. The Labute approximate surface area is 126 Å². The lowest BCUT2D eigenvalue weighted by atomic mass is 10.2. The van der Waals surface area contributed by atoms with Gasteiger partial charge in [-0.15, -0.1) is 11.3 Å². The monoisotopic (exact) mass is 295 g/mol. The number of fused-ring (bicyclic) bond motifs is 1. The van der Waals surface area contributed by atoms with Crippen LogP contribution >= 0.6 is 11.3 Å². The van der Waals surface area contributed by atoms with Crippen molar-refractivity contribution >= 4 is 33.7 Å². The smallest absolute Gasteiger partial charge is 0.215 e. The lowest BCUT2D eigenvalue weighted by molar-refractivity contribution is -0.107. The summed E-state index contributed by atoms with van der Waals surface area (Å²) in [5.74, 6) is 0.774. The molecule has 0 atom stereocenters. The second-order valence-electron chi connectivity index (χ2n) is 5.14. The molecule has 0 aliphatic heterocycles. The van der Waals surface area contributed by atoms with Crippen LogP contribution in [0.25, 0.3) is 20.5 Å². The number of hydrogen-bond acceptors (Lipinski definition) is 4. The van der Waals surface area contributed by atoms with Crippen LogP contribution in [0.3, 0.4) is 0 Å². The Balaban J connectivity index is 1.86. The minimum atomic E-state index is 0.322. The summed E-state index contributed by atoms with van der Waals surface area (Å²) in [6.07, 6.45) is 8.44. The lowest BCUT2D eigenvalue weighted by Gasteiger charge is -2.15. The first-order chi connectivity index (χ1) is 10.4. The summed E-state index contributed by atoms with van der Waals surface area (Å²) in [6.45, 7) is 0. The molecule has 1 aliphatic carbocycles. The Bertz CT molecular complexity index is 796. The zero-order chi connectivity index (χ0) is 14.2. The van der Waals surface area contributed by atoms with Gasteiger partial charge in [0.25, 0.3) is 0 Å². The van der Waals surface area contributed by atoms with E-state index in [0.29, 0.717) is 6.04 Å². The molecule has 1 aliphatic rings. The van der Waals surface area contributed by atoms with E-state index in [1.807, 2.05) is 24.4 Å². The second kappa shape index (κ2) is 4.93. The van der Waals surface area contributed by atoms with Gasteiger partial charge in [0.2, 0.25) is 6.41 Å². The predicted molar refractivity (Wildman–Crippen MR) is 84.4 cm³/mol. The van der Waals surface area contributed by atoms with Crippen molar-refractivity contribution in [2.45, 2.75) is 18.9 Å². The van der Waals surface area contributed by atoms with Gasteiger partial charge in [-0.1, -0.05) is 6.07 Å². The van der Waals surface area contributed by atoms with Crippen molar-refractivity contribution < 1.29 is 4.79 Å². The van der Waals surface area contributed by atoms with E-state index in [1.54, 1.807) is 28.6 Å². The molecule has 0 bridgehead atoms. The third kappa shape index (κ3) is 2.19. The number of amides is 1. The van der Waals surface area contributed by atoms with Gasteiger partial charge in [-0.25, -0.2) is 4.98 Å². The SMILES string of the molecule is O=CN(c1nccc2sc(-c3cccnc3)cc12)C1CC1. The maximum Gasteiger partial charge on any atom is 0.215 e. The lowest BCUT2D eigenvalue weighted by Crippen LogP contribution is -2.24. The summed E-state index contributed by atoms with van der Waals surface area (Å²) >= 11 is 1.70. The first-order valence-corrected chi connectivity index (χ1v) is 7.71. The Morgan fingerprint density at radius 1 is 1.29 bits per heavy atom. The van der Waals surface area contributed by atoms with Gasteiger partial charge in [0.1, 0.15) is 5.82 Å². The second-order valence-corrected chi connectivity index (χ2v) is 6.23. The highest BCUT2D eigenvalue weighted by Gasteiger charge is 2.31. The van der Waals surface area contributed by atoms with Crippen LogP contribution in [0.1, 0.15) is 12.8 Å². The average Bonchev–Trinajstić information content (AvgIpc) is 3.26. The molecule has 0 unspecified atom stereocenters.